The van der Waals surface area contributed by atoms with Crippen molar-refractivity contribution in [2.75, 3.05) is 36.1 Å². The second-order valence-electron chi connectivity index (χ2n) is 5.30. The van der Waals surface area contributed by atoms with E-state index in [9.17, 15) is 15.0 Å². The summed E-state index contributed by atoms with van der Waals surface area (Å²) in [4.78, 5) is 18.3. The highest BCUT2D eigenvalue weighted by Gasteiger charge is 2.43. The van der Waals surface area contributed by atoms with Gasteiger partial charge < -0.3 is 25.0 Å². The Bertz CT molecular complexity index is 577. The van der Waals surface area contributed by atoms with E-state index in [1.165, 1.54) is 6.20 Å². The van der Waals surface area contributed by atoms with Gasteiger partial charge in [-0.25, -0.2) is 4.79 Å². The van der Waals surface area contributed by atoms with E-state index in [1.54, 1.807) is 6.07 Å². The minimum Gasteiger partial charge on any atom is -0.394 e. The fourth-order valence-corrected chi connectivity index (χ4v) is 3.58. The predicted octanol–water partition coefficient (Wildman–Crippen LogP) is -1.59. The van der Waals surface area contributed by atoms with Crippen LogP contribution in [-0.2, 0) is 4.74 Å². The maximum absolute atomic E-state index is 12.2. The molecule has 4 atom stereocenters. The van der Waals surface area contributed by atoms with Crippen molar-refractivity contribution in [3.8, 4) is 0 Å². The molecule has 0 saturated carbocycles. The van der Waals surface area contributed by atoms with Crippen LogP contribution in [0.15, 0.2) is 17.1 Å². The Hall–Kier alpha value is -1.13. The zero-order valence-electron chi connectivity index (χ0n) is 11.9. The van der Waals surface area contributed by atoms with Crippen LogP contribution in [0.2, 0.25) is 0 Å². The van der Waals surface area contributed by atoms with Crippen LogP contribution in [0.4, 0.5) is 5.82 Å². The maximum Gasteiger partial charge on any atom is 0.351 e. The smallest absolute Gasteiger partial charge is 0.351 e. The number of hydrogen-bond donors (Lipinski definition) is 3. The molecule has 3 heterocycles. The number of aliphatic hydroxyl groups excluding tert-OH is 3. The monoisotopic (exact) mass is 329 g/mol. The van der Waals surface area contributed by atoms with E-state index in [0.717, 1.165) is 29.2 Å². The molecule has 1 aromatic rings. The Morgan fingerprint density at radius 2 is 2.05 bits per heavy atom. The summed E-state index contributed by atoms with van der Waals surface area (Å²) in [5, 5.41) is 28.8. The number of nitrogens with zero attached hydrogens (tertiary/aromatic N) is 3. The van der Waals surface area contributed by atoms with Gasteiger partial charge in [-0.05, 0) is 6.07 Å². The summed E-state index contributed by atoms with van der Waals surface area (Å²) in [5.74, 6) is 2.60. The van der Waals surface area contributed by atoms with Gasteiger partial charge in [-0.15, -0.1) is 0 Å². The lowest BCUT2D eigenvalue weighted by molar-refractivity contribution is -0.0549. The Balaban J connectivity index is 1.82. The van der Waals surface area contributed by atoms with Crippen LogP contribution in [0.5, 0.6) is 0 Å². The summed E-state index contributed by atoms with van der Waals surface area (Å²) >= 11 is 1.87. The van der Waals surface area contributed by atoms with Gasteiger partial charge in [-0.2, -0.15) is 16.7 Å². The summed E-state index contributed by atoms with van der Waals surface area (Å²) in [7, 11) is 0. The van der Waals surface area contributed by atoms with E-state index in [-0.39, 0.29) is 0 Å². The van der Waals surface area contributed by atoms with Gasteiger partial charge in [0.05, 0.1) is 6.61 Å². The Labute approximate surface area is 131 Å². The van der Waals surface area contributed by atoms with Crippen molar-refractivity contribution >= 4 is 17.6 Å². The number of thioether (sulfide) groups is 1. The average molecular weight is 329 g/mol. The summed E-state index contributed by atoms with van der Waals surface area (Å²) < 4.78 is 6.49. The Morgan fingerprint density at radius 1 is 1.32 bits per heavy atom. The first-order valence-corrected chi connectivity index (χ1v) is 8.31. The van der Waals surface area contributed by atoms with Crippen LogP contribution < -0.4 is 10.6 Å². The third kappa shape index (κ3) is 2.86. The third-order valence-electron chi connectivity index (χ3n) is 3.94. The molecule has 2 saturated heterocycles. The SMILES string of the molecule is O=c1nc(N2CCSCC2)ccn1C1OC(CO)C(O)C1O. The van der Waals surface area contributed by atoms with Crippen molar-refractivity contribution in [2.45, 2.75) is 24.5 Å². The highest BCUT2D eigenvalue weighted by atomic mass is 32.2. The van der Waals surface area contributed by atoms with Crippen LogP contribution in [0, 0.1) is 0 Å². The Morgan fingerprint density at radius 3 is 2.64 bits per heavy atom. The van der Waals surface area contributed by atoms with Gasteiger partial charge >= 0.3 is 5.69 Å². The molecule has 122 valence electrons. The van der Waals surface area contributed by atoms with Crippen molar-refractivity contribution in [2.24, 2.45) is 0 Å². The summed E-state index contributed by atoms with van der Waals surface area (Å²) in [5.41, 5.74) is -0.550. The number of aliphatic hydroxyl groups is 3. The molecule has 1 aromatic heterocycles. The minimum absolute atomic E-state index is 0.430. The second kappa shape index (κ2) is 6.55. The Kier molecular flexibility index (Phi) is 4.69. The number of hydrogen-bond acceptors (Lipinski definition) is 8. The molecule has 0 bridgehead atoms. The minimum atomic E-state index is -1.28. The zero-order chi connectivity index (χ0) is 15.7. The van der Waals surface area contributed by atoms with Crippen LogP contribution in [-0.4, -0.2) is 74.4 Å². The molecule has 8 nitrogen and oxygen atoms in total. The summed E-state index contributed by atoms with van der Waals surface area (Å²) in [6.07, 6.45) is -2.97. The van der Waals surface area contributed by atoms with Crippen molar-refractivity contribution < 1.29 is 20.1 Å². The van der Waals surface area contributed by atoms with E-state index in [0.29, 0.717) is 5.82 Å². The quantitative estimate of drug-likeness (QED) is 0.609. The second-order valence-corrected chi connectivity index (χ2v) is 6.53. The molecule has 2 aliphatic rings. The standard InChI is InChI=1S/C13H19N3O5S/c17-7-8-10(18)11(19)12(21-8)16-2-1-9(14-13(16)20)15-3-5-22-6-4-15/h1-2,8,10-12,17-19H,3-7H2. The van der Waals surface area contributed by atoms with E-state index < -0.39 is 36.8 Å². The molecular weight excluding hydrogens is 310 g/mol. The van der Waals surface area contributed by atoms with E-state index in [2.05, 4.69) is 4.98 Å². The average Bonchev–Trinajstić information content (AvgIpc) is 2.83. The van der Waals surface area contributed by atoms with Crippen LogP contribution in [0.25, 0.3) is 0 Å². The maximum atomic E-state index is 12.2. The molecule has 9 heteroatoms. The van der Waals surface area contributed by atoms with Gasteiger partial charge in [-0.1, -0.05) is 0 Å². The largest absolute Gasteiger partial charge is 0.394 e. The third-order valence-corrected chi connectivity index (χ3v) is 4.88. The fourth-order valence-electron chi connectivity index (χ4n) is 2.68. The molecule has 4 unspecified atom stereocenters. The van der Waals surface area contributed by atoms with Crippen LogP contribution in [0.3, 0.4) is 0 Å². The van der Waals surface area contributed by atoms with Crippen LogP contribution in [0.1, 0.15) is 6.23 Å². The normalized spacial score (nSPS) is 32.4. The van der Waals surface area contributed by atoms with Gasteiger partial charge in [-0.3, -0.25) is 4.57 Å². The first-order chi connectivity index (χ1) is 10.6. The lowest BCUT2D eigenvalue weighted by atomic mass is 10.1. The molecule has 0 amide bonds. The molecule has 2 aliphatic heterocycles. The molecule has 0 aromatic carbocycles. The molecule has 3 rings (SSSR count). The fraction of sp³-hybridized carbons (Fsp3) is 0.692. The highest BCUT2D eigenvalue weighted by molar-refractivity contribution is 7.99. The zero-order valence-corrected chi connectivity index (χ0v) is 12.7. The first kappa shape index (κ1) is 15.8. The number of aromatic nitrogens is 2. The molecule has 22 heavy (non-hydrogen) atoms. The predicted molar refractivity (Wildman–Crippen MR) is 81.0 cm³/mol. The summed E-state index contributed by atoms with van der Waals surface area (Å²) in [6, 6.07) is 1.70. The van der Waals surface area contributed by atoms with E-state index in [1.807, 2.05) is 16.7 Å². The van der Waals surface area contributed by atoms with Crippen molar-refractivity contribution in [3.63, 3.8) is 0 Å². The lowest BCUT2D eigenvalue weighted by Gasteiger charge is -2.27. The molecule has 0 spiro atoms. The highest BCUT2D eigenvalue weighted by Crippen LogP contribution is 2.28. The molecule has 0 aliphatic carbocycles. The lowest BCUT2D eigenvalue weighted by Crippen LogP contribution is -2.38. The van der Waals surface area contributed by atoms with Crippen molar-refractivity contribution in [1.29, 1.82) is 0 Å². The van der Waals surface area contributed by atoms with Gasteiger partial charge in [0.1, 0.15) is 24.1 Å². The van der Waals surface area contributed by atoms with Crippen LogP contribution >= 0.6 is 11.8 Å². The van der Waals surface area contributed by atoms with Gasteiger partial charge in [0.25, 0.3) is 0 Å². The van der Waals surface area contributed by atoms with E-state index in [4.69, 9.17) is 9.84 Å². The molecule has 2 fully saturated rings. The topological polar surface area (TPSA) is 108 Å². The summed E-state index contributed by atoms with van der Waals surface area (Å²) in [6.45, 7) is 1.25. The molecule has 3 N–H and O–H groups in total. The molecule has 0 radical (unpaired) electrons. The van der Waals surface area contributed by atoms with E-state index >= 15 is 0 Å². The van der Waals surface area contributed by atoms with Gasteiger partial charge in [0.15, 0.2) is 6.23 Å². The van der Waals surface area contributed by atoms with Crippen molar-refractivity contribution in [1.82, 2.24) is 9.55 Å². The number of rotatable bonds is 3. The van der Waals surface area contributed by atoms with Gasteiger partial charge in [0.2, 0.25) is 0 Å². The van der Waals surface area contributed by atoms with Crippen molar-refractivity contribution in [3.05, 3.63) is 22.7 Å². The van der Waals surface area contributed by atoms with Gasteiger partial charge in [0, 0.05) is 30.8 Å². The number of ether oxygens (including phenoxy) is 1. The number of anilines is 1. The first-order valence-electron chi connectivity index (χ1n) is 7.16. The molecular formula is C13H19N3O5S.